The van der Waals surface area contributed by atoms with Gasteiger partial charge in [0.05, 0.1) is 31.3 Å². The molecule has 0 bridgehead atoms. The first-order chi connectivity index (χ1) is 24.8. The van der Waals surface area contributed by atoms with Gasteiger partial charge in [-0.05, 0) is 44.9 Å². The van der Waals surface area contributed by atoms with Crippen molar-refractivity contribution in [2.75, 3.05) is 6.61 Å². The van der Waals surface area contributed by atoms with Crippen LogP contribution in [-0.4, -0.2) is 108 Å². The number of aliphatic hydroxyl groups excluding tert-OH is 7. The van der Waals surface area contributed by atoms with Crippen LogP contribution in [0, 0.1) is 0 Å². The van der Waals surface area contributed by atoms with Gasteiger partial charge in [-0.15, -0.1) is 0 Å². The maximum absolute atomic E-state index is 12.9. The van der Waals surface area contributed by atoms with Gasteiger partial charge in [-0.25, -0.2) is 4.57 Å². The van der Waals surface area contributed by atoms with Gasteiger partial charge in [-0.2, -0.15) is 0 Å². The molecule has 0 aliphatic heterocycles. The summed E-state index contributed by atoms with van der Waals surface area (Å²) in [5, 5.41) is 73.9. The highest BCUT2D eigenvalue weighted by Gasteiger charge is 2.51. The molecular formula is C38H72NO12P. The van der Waals surface area contributed by atoms with E-state index < -0.39 is 75.2 Å². The third-order valence-corrected chi connectivity index (χ3v) is 10.5. The van der Waals surface area contributed by atoms with Crippen molar-refractivity contribution in [2.45, 2.75) is 204 Å². The quantitative estimate of drug-likeness (QED) is 0.0262. The molecule has 0 radical (unpaired) electrons. The van der Waals surface area contributed by atoms with Gasteiger partial charge in [0.15, 0.2) is 0 Å². The Morgan fingerprint density at radius 3 is 1.63 bits per heavy atom. The molecule has 14 heteroatoms. The average Bonchev–Trinajstić information content (AvgIpc) is 3.11. The van der Waals surface area contributed by atoms with Gasteiger partial charge in [0, 0.05) is 0 Å². The number of unbranched alkanes of at least 4 members (excludes halogenated alkanes) is 16. The predicted molar refractivity (Wildman–Crippen MR) is 201 cm³/mol. The summed E-state index contributed by atoms with van der Waals surface area (Å²) in [4.78, 5) is 23.2. The predicted octanol–water partition coefficient (Wildman–Crippen LogP) is 4.86. The molecule has 1 rings (SSSR count). The summed E-state index contributed by atoms with van der Waals surface area (Å²) in [5.74, 6) is -0.607. The molecule has 0 aromatic rings. The maximum atomic E-state index is 12.9. The van der Waals surface area contributed by atoms with E-state index in [2.05, 4.69) is 31.3 Å². The Hall–Kier alpha value is -1.22. The fourth-order valence-electron chi connectivity index (χ4n) is 6.17. The SMILES string of the molecule is CCCCCCCC/C=C/C(O)C(COP(=O)(O)OC1C(O)C(O)C(O)C(O)C1O)NC(=O)CC(O)CCCCC/C=C\CCCCCCCCC. The number of rotatable bonds is 31. The van der Waals surface area contributed by atoms with Crippen LogP contribution in [0.4, 0.5) is 0 Å². The minimum atomic E-state index is -5.13. The number of hydrogen-bond donors (Lipinski definition) is 9. The average molecular weight is 766 g/mol. The molecule has 0 spiro atoms. The molecule has 0 aromatic carbocycles. The van der Waals surface area contributed by atoms with Crippen molar-refractivity contribution in [3.8, 4) is 0 Å². The number of phosphoric ester groups is 1. The Morgan fingerprint density at radius 1 is 0.673 bits per heavy atom. The zero-order chi connectivity index (χ0) is 38.8. The second kappa shape index (κ2) is 29.1. The standard InChI is InChI=1S/C38H72NO12P/c1-3-5-7-9-11-13-14-15-16-17-18-19-21-23-25-29(40)27-32(42)39-30(31(41)26-24-22-20-12-10-8-6-4-2)28-50-52(48,49)51-38-36(46)34(44)33(43)35(45)37(38)47/h16-17,24,26,29-31,33-38,40-41,43-47H,3-15,18-23,25,27-28H2,1-2H3,(H,39,42)(H,48,49)/b17-16-,26-24+. The fourth-order valence-corrected chi connectivity index (χ4v) is 7.14. The third-order valence-electron chi connectivity index (χ3n) is 9.53. The smallest absolute Gasteiger partial charge is 0.393 e. The van der Waals surface area contributed by atoms with Gasteiger partial charge in [0.25, 0.3) is 0 Å². The Labute approximate surface area is 312 Å². The number of aliphatic hydroxyl groups is 7. The van der Waals surface area contributed by atoms with Crippen molar-refractivity contribution in [2.24, 2.45) is 0 Å². The monoisotopic (exact) mass is 765 g/mol. The van der Waals surface area contributed by atoms with Gasteiger partial charge >= 0.3 is 7.82 Å². The van der Waals surface area contributed by atoms with Gasteiger partial charge in [-0.3, -0.25) is 13.8 Å². The van der Waals surface area contributed by atoms with Crippen molar-refractivity contribution in [1.82, 2.24) is 5.32 Å². The lowest BCUT2D eigenvalue weighted by Gasteiger charge is -2.41. The van der Waals surface area contributed by atoms with E-state index in [4.69, 9.17) is 9.05 Å². The number of nitrogens with one attached hydrogen (secondary N) is 1. The van der Waals surface area contributed by atoms with Crippen LogP contribution < -0.4 is 5.32 Å². The summed E-state index contributed by atoms with van der Waals surface area (Å²) in [6.07, 6.45) is 14.5. The number of allylic oxidation sites excluding steroid dienone is 3. The van der Waals surface area contributed by atoms with E-state index in [-0.39, 0.29) is 6.42 Å². The third kappa shape index (κ3) is 21.6. The summed E-state index contributed by atoms with van der Waals surface area (Å²) in [6, 6.07) is -1.24. The summed E-state index contributed by atoms with van der Waals surface area (Å²) in [6.45, 7) is 3.63. The van der Waals surface area contributed by atoms with Crippen molar-refractivity contribution >= 4 is 13.7 Å². The molecule has 1 aliphatic carbocycles. The van der Waals surface area contributed by atoms with Crippen LogP contribution in [-0.2, 0) is 18.4 Å². The molecule has 8 unspecified atom stereocenters. The van der Waals surface area contributed by atoms with Crippen molar-refractivity contribution in [3.63, 3.8) is 0 Å². The molecule has 1 fully saturated rings. The van der Waals surface area contributed by atoms with E-state index in [0.29, 0.717) is 12.8 Å². The number of carbonyl (C=O) groups excluding carboxylic acids is 1. The highest BCUT2D eigenvalue weighted by atomic mass is 31.2. The molecule has 52 heavy (non-hydrogen) atoms. The second-order valence-electron chi connectivity index (χ2n) is 14.3. The Kier molecular flexibility index (Phi) is 27.3. The second-order valence-corrected chi connectivity index (χ2v) is 15.7. The molecule has 0 aromatic heterocycles. The van der Waals surface area contributed by atoms with E-state index in [9.17, 15) is 50.0 Å². The minimum Gasteiger partial charge on any atom is -0.393 e. The van der Waals surface area contributed by atoms with Crippen LogP contribution in [0.5, 0.6) is 0 Å². The number of phosphoric acid groups is 1. The van der Waals surface area contributed by atoms with Gasteiger partial charge in [0.2, 0.25) is 5.91 Å². The van der Waals surface area contributed by atoms with Crippen LogP contribution in [0.1, 0.15) is 149 Å². The lowest BCUT2D eigenvalue weighted by atomic mass is 9.85. The number of amides is 1. The molecule has 1 saturated carbocycles. The Balaban J connectivity index is 2.60. The van der Waals surface area contributed by atoms with Gasteiger partial charge in [-0.1, -0.05) is 122 Å². The molecule has 1 amide bonds. The lowest BCUT2D eigenvalue weighted by molar-refractivity contribution is -0.220. The van der Waals surface area contributed by atoms with Crippen LogP contribution in [0.2, 0.25) is 0 Å². The number of carbonyl (C=O) groups is 1. The van der Waals surface area contributed by atoms with Crippen molar-refractivity contribution in [3.05, 3.63) is 24.3 Å². The van der Waals surface area contributed by atoms with E-state index in [1.807, 2.05) is 0 Å². The molecule has 13 nitrogen and oxygen atoms in total. The van der Waals surface area contributed by atoms with Gasteiger partial charge < -0.3 is 46.0 Å². The first-order valence-electron chi connectivity index (χ1n) is 19.9. The summed E-state index contributed by atoms with van der Waals surface area (Å²) < 4.78 is 22.7. The first-order valence-corrected chi connectivity index (χ1v) is 21.4. The molecule has 0 saturated heterocycles. The van der Waals surface area contributed by atoms with Crippen LogP contribution in [0.15, 0.2) is 24.3 Å². The summed E-state index contributed by atoms with van der Waals surface area (Å²) in [7, 11) is -5.13. The zero-order valence-electron chi connectivity index (χ0n) is 31.7. The minimum absolute atomic E-state index is 0.255. The van der Waals surface area contributed by atoms with E-state index >= 15 is 0 Å². The normalized spacial score (nSPS) is 25.3. The van der Waals surface area contributed by atoms with Crippen LogP contribution in [0.25, 0.3) is 0 Å². The largest absolute Gasteiger partial charge is 0.472 e. The topological polar surface area (TPSA) is 226 Å². The molecule has 0 heterocycles. The van der Waals surface area contributed by atoms with Crippen molar-refractivity contribution < 1.29 is 59.0 Å². The molecule has 1 aliphatic rings. The molecule has 9 N–H and O–H groups in total. The Bertz CT molecular complexity index is 1000. The maximum Gasteiger partial charge on any atom is 0.472 e. The zero-order valence-corrected chi connectivity index (χ0v) is 32.6. The van der Waals surface area contributed by atoms with Crippen LogP contribution >= 0.6 is 7.82 Å². The molecule has 8 atom stereocenters. The van der Waals surface area contributed by atoms with Crippen molar-refractivity contribution in [1.29, 1.82) is 0 Å². The van der Waals surface area contributed by atoms with Crippen LogP contribution in [0.3, 0.4) is 0 Å². The Morgan fingerprint density at radius 2 is 1.12 bits per heavy atom. The fraction of sp³-hybridized carbons (Fsp3) is 0.868. The van der Waals surface area contributed by atoms with E-state index in [0.717, 1.165) is 64.2 Å². The van der Waals surface area contributed by atoms with E-state index in [1.165, 1.54) is 57.4 Å². The van der Waals surface area contributed by atoms with Gasteiger partial charge in [0.1, 0.15) is 36.6 Å². The van der Waals surface area contributed by atoms with E-state index in [1.54, 1.807) is 6.08 Å². The summed E-state index contributed by atoms with van der Waals surface area (Å²) in [5.41, 5.74) is 0. The number of hydrogen-bond acceptors (Lipinski definition) is 11. The summed E-state index contributed by atoms with van der Waals surface area (Å²) >= 11 is 0. The lowest BCUT2D eigenvalue weighted by Crippen LogP contribution is -2.64. The highest BCUT2D eigenvalue weighted by molar-refractivity contribution is 7.47. The first kappa shape index (κ1) is 48.8. The molecular weight excluding hydrogens is 693 g/mol. The molecule has 306 valence electrons. The highest BCUT2D eigenvalue weighted by Crippen LogP contribution is 2.47.